The van der Waals surface area contributed by atoms with Crippen molar-refractivity contribution in [3.05, 3.63) is 35.7 Å². The predicted octanol–water partition coefficient (Wildman–Crippen LogP) is 2.96. The van der Waals surface area contributed by atoms with Gasteiger partial charge in [0.1, 0.15) is 23.0 Å². The molecular weight excluding hydrogens is 392 g/mol. The second kappa shape index (κ2) is 7.76. The van der Waals surface area contributed by atoms with E-state index in [2.05, 4.69) is 27.8 Å². The molecule has 3 aromatic heterocycles. The molecule has 8 heteroatoms. The van der Waals surface area contributed by atoms with Gasteiger partial charge in [0.2, 0.25) is 0 Å². The van der Waals surface area contributed by atoms with Crippen molar-refractivity contribution in [2.24, 2.45) is 0 Å². The van der Waals surface area contributed by atoms with E-state index in [1.807, 2.05) is 16.8 Å². The topological polar surface area (TPSA) is 85.6 Å². The first-order valence-electron chi connectivity index (χ1n) is 11.3. The number of hydrogen-bond acceptors (Lipinski definition) is 7. The molecule has 0 aromatic carbocycles. The van der Waals surface area contributed by atoms with Crippen molar-refractivity contribution in [3.8, 4) is 17.1 Å². The monoisotopic (exact) mass is 420 g/mol. The van der Waals surface area contributed by atoms with Crippen LogP contribution in [0.15, 0.2) is 24.4 Å². The van der Waals surface area contributed by atoms with Gasteiger partial charge < -0.3 is 20.1 Å². The average Bonchev–Trinajstić information content (AvgIpc) is 3.53. The Hall–Kier alpha value is -2.71. The molecule has 6 rings (SSSR count). The van der Waals surface area contributed by atoms with Crippen LogP contribution in [0.4, 0.5) is 5.82 Å². The normalized spacial score (nSPS) is 21.8. The summed E-state index contributed by atoms with van der Waals surface area (Å²) in [6.45, 7) is 3.59. The molecule has 3 fully saturated rings. The van der Waals surface area contributed by atoms with Gasteiger partial charge in [-0.15, -0.1) is 0 Å². The van der Waals surface area contributed by atoms with Gasteiger partial charge in [-0.25, -0.2) is 14.5 Å². The average molecular weight is 421 g/mol. The summed E-state index contributed by atoms with van der Waals surface area (Å²) in [5.74, 6) is 2.68. The number of pyridine rings is 1. The fraction of sp³-hybridized carbons (Fsp3) is 0.522. The zero-order chi connectivity index (χ0) is 20.8. The Morgan fingerprint density at radius 3 is 2.81 bits per heavy atom. The van der Waals surface area contributed by atoms with Gasteiger partial charge in [-0.3, -0.25) is 0 Å². The van der Waals surface area contributed by atoms with Gasteiger partial charge in [0.05, 0.1) is 32.2 Å². The Morgan fingerprint density at radius 2 is 2.10 bits per heavy atom. The molecule has 8 nitrogen and oxygen atoms in total. The first-order valence-corrected chi connectivity index (χ1v) is 11.3. The summed E-state index contributed by atoms with van der Waals surface area (Å²) in [5, 5.41) is 12.1. The van der Waals surface area contributed by atoms with E-state index in [9.17, 15) is 0 Å². The van der Waals surface area contributed by atoms with Crippen molar-refractivity contribution in [3.63, 3.8) is 0 Å². The minimum absolute atomic E-state index is 0.391. The van der Waals surface area contributed by atoms with Gasteiger partial charge in [0.15, 0.2) is 5.65 Å². The fourth-order valence-corrected chi connectivity index (χ4v) is 4.53. The molecule has 0 radical (unpaired) electrons. The van der Waals surface area contributed by atoms with Gasteiger partial charge in [-0.2, -0.15) is 5.10 Å². The van der Waals surface area contributed by atoms with Crippen LogP contribution in [0.1, 0.15) is 48.8 Å². The number of imidazole rings is 1. The summed E-state index contributed by atoms with van der Waals surface area (Å²) >= 11 is 0. The molecule has 162 valence electrons. The maximum atomic E-state index is 5.58. The highest BCUT2D eigenvalue weighted by Crippen LogP contribution is 2.43. The van der Waals surface area contributed by atoms with Crippen LogP contribution in [0.2, 0.25) is 0 Å². The molecule has 3 aliphatic rings. The smallest absolute Gasteiger partial charge is 0.157 e. The highest BCUT2D eigenvalue weighted by molar-refractivity contribution is 5.64. The molecular formula is C23H28N6O2. The molecule has 1 aliphatic carbocycles. The Labute approximate surface area is 181 Å². The Bertz CT molecular complexity index is 1100. The lowest BCUT2D eigenvalue weighted by atomic mass is 9.97. The third kappa shape index (κ3) is 3.53. The lowest BCUT2D eigenvalue weighted by molar-refractivity contribution is 0.00856. The third-order valence-corrected chi connectivity index (χ3v) is 6.57. The second-order valence-electron chi connectivity index (χ2n) is 8.84. The number of piperidine rings is 1. The van der Waals surface area contributed by atoms with Crippen molar-refractivity contribution in [2.45, 2.75) is 43.6 Å². The zero-order valence-electron chi connectivity index (χ0n) is 17.8. The van der Waals surface area contributed by atoms with Crippen LogP contribution in [-0.4, -0.2) is 59.0 Å². The van der Waals surface area contributed by atoms with E-state index < -0.39 is 0 Å². The van der Waals surface area contributed by atoms with E-state index in [0.29, 0.717) is 17.9 Å². The minimum atomic E-state index is 0.391. The van der Waals surface area contributed by atoms with E-state index in [1.54, 1.807) is 7.11 Å². The predicted molar refractivity (Wildman–Crippen MR) is 118 cm³/mol. The van der Waals surface area contributed by atoms with E-state index in [0.717, 1.165) is 67.0 Å². The van der Waals surface area contributed by atoms with Crippen molar-refractivity contribution in [1.29, 1.82) is 0 Å². The Balaban J connectivity index is 1.40. The van der Waals surface area contributed by atoms with Crippen LogP contribution < -0.4 is 15.4 Å². The number of rotatable bonds is 6. The van der Waals surface area contributed by atoms with Crippen LogP contribution in [0.25, 0.3) is 17.0 Å². The van der Waals surface area contributed by atoms with Crippen LogP contribution in [-0.2, 0) is 4.74 Å². The lowest BCUT2D eigenvalue weighted by Gasteiger charge is -2.30. The maximum Gasteiger partial charge on any atom is 0.157 e. The minimum Gasteiger partial charge on any atom is -0.495 e. The van der Waals surface area contributed by atoms with Crippen molar-refractivity contribution in [1.82, 2.24) is 24.9 Å². The van der Waals surface area contributed by atoms with Gasteiger partial charge in [-0.05, 0) is 38.3 Å². The van der Waals surface area contributed by atoms with Crippen molar-refractivity contribution < 1.29 is 9.47 Å². The SMILES string of the molecule is COc1cc2ncc(-c3ccc(C4COC4)c(NC4CCCNC4)n3)n2nc1C1CC1. The highest BCUT2D eigenvalue weighted by Gasteiger charge is 2.30. The maximum absolute atomic E-state index is 5.58. The fourth-order valence-electron chi connectivity index (χ4n) is 4.53. The van der Waals surface area contributed by atoms with Crippen LogP contribution >= 0.6 is 0 Å². The molecule has 1 saturated carbocycles. The summed E-state index contributed by atoms with van der Waals surface area (Å²) < 4.78 is 12.9. The summed E-state index contributed by atoms with van der Waals surface area (Å²) in [4.78, 5) is 9.65. The number of anilines is 1. The summed E-state index contributed by atoms with van der Waals surface area (Å²) in [6.07, 6.45) is 6.53. The molecule has 0 amide bonds. The second-order valence-corrected chi connectivity index (χ2v) is 8.84. The third-order valence-electron chi connectivity index (χ3n) is 6.57. The number of aromatic nitrogens is 4. The van der Waals surface area contributed by atoms with Gasteiger partial charge in [-0.1, -0.05) is 6.07 Å². The quantitative estimate of drug-likeness (QED) is 0.634. The molecule has 1 atom stereocenters. The van der Waals surface area contributed by atoms with E-state index in [4.69, 9.17) is 19.6 Å². The summed E-state index contributed by atoms with van der Waals surface area (Å²) in [7, 11) is 1.70. The summed E-state index contributed by atoms with van der Waals surface area (Å²) in [6, 6.07) is 6.65. The van der Waals surface area contributed by atoms with E-state index >= 15 is 0 Å². The standard InChI is InChI=1S/C23H28N6O2/c1-30-20-9-21-25-11-19(29(21)28-22(20)14-4-5-14)18-7-6-17(15-12-31-13-15)23(27-18)26-16-3-2-8-24-10-16/h6-7,9,11,14-16,24H,2-5,8,10,12-13H2,1H3,(H,26,27). The van der Waals surface area contributed by atoms with Crippen molar-refractivity contribution in [2.75, 3.05) is 38.7 Å². The molecule has 0 bridgehead atoms. The number of ether oxygens (including phenoxy) is 2. The van der Waals surface area contributed by atoms with Crippen molar-refractivity contribution >= 4 is 11.5 Å². The summed E-state index contributed by atoms with van der Waals surface area (Å²) in [5.41, 5.74) is 4.82. The molecule has 1 unspecified atom stereocenters. The first kappa shape index (κ1) is 19.0. The molecule has 2 saturated heterocycles. The van der Waals surface area contributed by atoms with Gasteiger partial charge in [0, 0.05) is 36.1 Å². The molecule has 2 N–H and O–H groups in total. The first-order chi connectivity index (χ1) is 15.3. The van der Waals surface area contributed by atoms with Gasteiger partial charge in [0.25, 0.3) is 0 Å². The zero-order valence-corrected chi connectivity index (χ0v) is 17.8. The number of nitrogens with one attached hydrogen (secondary N) is 2. The Kier molecular flexibility index (Phi) is 4.76. The number of hydrogen-bond donors (Lipinski definition) is 2. The van der Waals surface area contributed by atoms with Crippen LogP contribution in [0.5, 0.6) is 5.75 Å². The number of fused-ring (bicyclic) bond motifs is 1. The number of methoxy groups -OCH3 is 1. The molecule has 2 aliphatic heterocycles. The van der Waals surface area contributed by atoms with E-state index in [1.165, 1.54) is 24.8 Å². The molecule has 3 aromatic rings. The molecule has 5 heterocycles. The van der Waals surface area contributed by atoms with Gasteiger partial charge >= 0.3 is 0 Å². The molecule has 0 spiro atoms. The highest BCUT2D eigenvalue weighted by atomic mass is 16.5. The lowest BCUT2D eigenvalue weighted by Crippen LogP contribution is -2.39. The van der Waals surface area contributed by atoms with Crippen LogP contribution in [0, 0.1) is 0 Å². The molecule has 31 heavy (non-hydrogen) atoms. The number of nitrogens with zero attached hydrogens (tertiary/aromatic N) is 4. The largest absolute Gasteiger partial charge is 0.495 e. The van der Waals surface area contributed by atoms with Crippen LogP contribution in [0.3, 0.4) is 0 Å². The Morgan fingerprint density at radius 1 is 1.19 bits per heavy atom. The van der Waals surface area contributed by atoms with E-state index in [-0.39, 0.29) is 0 Å².